The van der Waals surface area contributed by atoms with Crippen molar-refractivity contribution in [1.82, 2.24) is 4.98 Å². The molecule has 1 heterocycles. The first-order valence-corrected chi connectivity index (χ1v) is 4.94. The van der Waals surface area contributed by atoms with Gasteiger partial charge < -0.3 is 11.1 Å². The minimum atomic E-state index is -0.342. The van der Waals surface area contributed by atoms with Crippen molar-refractivity contribution in [1.29, 1.82) is 0 Å². The number of anilines is 1. The average molecular weight is 199 g/mol. The molecule has 1 aromatic rings. The maximum Gasteiger partial charge on any atom is 0.240 e. The zero-order valence-electron chi connectivity index (χ0n) is 7.65. The topological polar surface area (TPSA) is 68.0 Å². The first kappa shape index (κ1) is 9.98. The zero-order valence-corrected chi connectivity index (χ0v) is 8.47. The number of carbonyl (C=O) groups is 1. The number of aromatic nitrogens is 1. The Labute approximate surface area is 81.2 Å². The number of nitrogens with one attached hydrogen (secondary N) is 1. The van der Waals surface area contributed by atoms with Gasteiger partial charge in [-0.1, -0.05) is 13.8 Å². The minimum absolute atomic E-state index is 0.168. The normalized spacial score (nSPS) is 12.8. The van der Waals surface area contributed by atoms with Gasteiger partial charge in [0.25, 0.3) is 0 Å². The lowest BCUT2D eigenvalue weighted by molar-refractivity contribution is -0.119. The number of hydrogen-bond acceptors (Lipinski definition) is 4. The molecule has 0 saturated carbocycles. The fourth-order valence-corrected chi connectivity index (χ4v) is 1.56. The molecule has 1 unspecified atom stereocenters. The van der Waals surface area contributed by atoms with Gasteiger partial charge in [0.1, 0.15) is 6.04 Å². The highest BCUT2D eigenvalue weighted by Crippen LogP contribution is 2.14. The first-order chi connectivity index (χ1) is 6.11. The number of rotatable bonds is 4. The van der Waals surface area contributed by atoms with E-state index in [9.17, 15) is 4.79 Å². The smallest absolute Gasteiger partial charge is 0.240 e. The minimum Gasteiger partial charge on any atom is -0.368 e. The van der Waals surface area contributed by atoms with Gasteiger partial charge in [-0.15, -0.1) is 11.3 Å². The summed E-state index contributed by atoms with van der Waals surface area (Å²) in [6, 6.07) is -0.342. The molecule has 1 rings (SSSR count). The molecule has 3 N–H and O–H groups in total. The fourth-order valence-electron chi connectivity index (χ4n) is 0.994. The van der Waals surface area contributed by atoms with Gasteiger partial charge in [-0.3, -0.25) is 4.79 Å². The van der Waals surface area contributed by atoms with E-state index in [0.717, 1.165) is 5.13 Å². The van der Waals surface area contributed by atoms with Crippen LogP contribution in [0.1, 0.15) is 13.8 Å². The van der Waals surface area contributed by atoms with E-state index in [1.165, 1.54) is 11.3 Å². The number of thiazole rings is 1. The van der Waals surface area contributed by atoms with Gasteiger partial charge in [0.15, 0.2) is 5.13 Å². The second-order valence-electron chi connectivity index (χ2n) is 3.11. The van der Waals surface area contributed by atoms with Crippen LogP contribution in [0.4, 0.5) is 5.13 Å². The number of nitrogens with zero attached hydrogens (tertiary/aromatic N) is 1. The summed E-state index contributed by atoms with van der Waals surface area (Å²) in [7, 11) is 0. The van der Waals surface area contributed by atoms with Gasteiger partial charge in [0, 0.05) is 11.6 Å². The highest BCUT2D eigenvalue weighted by atomic mass is 32.1. The third kappa shape index (κ3) is 2.69. The van der Waals surface area contributed by atoms with Gasteiger partial charge in [0.05, 0.1) is 0 Å². The lowest BCUT2D eigenvalue weighted by atomic mass is 10.0. The highest BCUT2D eigenvalue weighted by Gasteiger charge is 2.19. The number of amides is 1. The Bertz CT molecular complexity index is 271. The molecule has 1 atom stereocenters. The van der Waals surface area contributed by atoms with Crippen LogP contribution in [-0.2, 0) is 4.79 Å². The predicted molar refractivity (Wildman–Crippen MR) is 53.6 cm³/mol. The van der Waals surface area contributed by atoms with Gasteiger partial charge in [-0.2, -0.15) is 0 Å². The lowest BCUT2D eigenvalue weighted by Crippen LogP contribution is -2.39. The van der Waals surface area contributed by atoms with Crippen molar-refractivity contribution >= 4 is 22.4 Å². The third-order valence-corrected chi connectivity index (χ3v) is 2.39. The highest BCUT2D eigenvalue weighted by molar-refractivity contribution is 7.13. The van der Waals surface area contributed by atoms with E-state index in [4.69, 9.17) is 5.73 Å². The van der Waals surface area contributed by atoms with Crippen LogP contribution < -0.4 is 11.1 Å². The van der Waals surface area contributed by atoms with Crippen molar-refractivity contribution < 1.29 is 4.79 Å². The van der Waals surface area contributed by atoms with Crippen LogP contribution in [0.25, 0.3) is 0 Å². The largest absolute Gasteiger partial charge is 0.368 e. The van der Waals surface area contributed by atoms with Crippen molar-refractivity contribution in [2.45, 2.75) is 19.9 Å². The maximum absolute atomic E-state index is 11.0. The second-order valence-corrected chi connectivity index (χ2v) is 4.00. The summed E-state index contributed by atoms with van der Waals surface area (Å²) < 4.78 is 0. The summed E-state index contributed by atoms with van der Waals surface area (Å²) in [6.45, 7) is 3.88. The molecule has 0 aliphatic heterocycles. The van der Waals surface area contributed by atoms with Crippen LogP contribution in [0.3, 0.4) is 0 Å². The van der Waals surface area contributed by atoms with E-state index in [1.54, 1.807) is 6.20 Å². The van der Waals surface area contributed by atoms with Crippen LogP contribution in [0.15, 0.2) is 11.6 Å². The number of hydrogen-bond donors (Lipinski definition) is 2. The Morgan fingerprint density at radius 2 is 2.38 bits per heavy atom. The Balaban J connectivity index is 2.63. The predicted octanol–water partition coefficient (Wildman–Crippen LogP) is 1.06. The van der Waals surface area contributed by atoms with E-state index < -0.39 is 0 Å². The summed E-state index contributed by atoms with van der Waals surface area (Å²) >= 11 is 1.46. The Morgan fingerprint density at radius 1 is 1.69 bits per heavy atom. The van der Waals surface area contributed by atoms with Gasteiger partial charge in [0.2, 0.25) is 5.91 Å². The van der Waals surface area contributed by atoms with Crippen LogP contribution in [-0.4, -0.2) is 16.9 Å². The molecule has 0 saturated heterocycles. The van der Waals surface area contributed by atoms with Gasteiger partial charge in [-0.05, 0) is 5.92 Å². The fraction of sp³-hybridized carbons (Fsp3) is 0.500. The quantitative estimate of drug-likeness (QED) is 0.762. The molecule has 72 valence electrons. The summed E-state index contributed by atoms with van der Waals surface area (Å²) in [5.41, 5.74) is 5.23. The molecule has 0 aliphatic carbocycles. The van der Waals surface area contributed by atoms with Crippen LogP contribution >= 0.6 is 11.3 Å². The van der Waals surface area contributed by atoms with Crippen molar-refractivity contribution in [3.8, 4) is 0 Å². The van der Waals surface area contributed by atoms with E-state index in [1.807, 2.05) is 19.2 Å². The molecule has 4 nitrogen and oxygen atoms in total. The molecular weight excluding hydrogens is 186 g/mol. The molecule has 0 fully saturated rings. The molecule has 5 heteroatoms. The van der Waals surface area contributed by atoms with Crippen molar-refractivity contribution in [2.24, 2.45) is 11.7 Å². The van der Waals surface area contributed by atoms with Crippen molar-refractivity contribution in [3.63, 3.8) is 0 Å². The molecule has 0 spiro atoms. The zero-order chi connectivity index (χ0) is 9.84. The van der Waals surface area contributed by atoms with E-state index in [2.05, 4.69) is 10.3 Å². The Kier molecular flexibility index (Phi) is 3.25. The molecule has 1 amide bonds. The SMILES string of the molecule is CC(C)C(Nc1nccs1)C(N)=O. The molecule has 0 bridgehead atoms. The third-order valence-electron chi connectivity index (χ3n) is 1.68. The Morgan fingerprint density at radius 3 is 2.77 bits per heavy atom. The summed E-state index contributed by atoms with van der Waals surface area (Å²) in [5.74, 6) is -0.174. The molecular formula is C8H13N3OS. The summed E-state index contributed by atoms with van der Waals surface area (Å²) in [4.78, 5) is 15.0. The lowest BCUT2D eigenvalue weighted by Gasteiger charge is -2.17. The Hall–Kier alpha value is -1.10. The van der Waals surface area contributed by atoms with Gasteiger partial charge >= 0.3 is 0 Å². The first-order valence-electron chi connectivity index (χ1n) is 4.06. The summed E-state index contributed by atoms with van der Waals surface area (Å²) in [6.07, 6.45) is 1.69. The average Bonchev–Trinajstić information content (AvgIpc) is 2.50. The molecule has 0 aliphatic rings. The van der Waals surface area contributed by atoms with Crippen molar-refractivity contribution in [3.05, 3.63) is 11.6 Å². The van der Waals surface area contributed by atoms with Crippen LogP contribution in [0.2, 0.25) is 0 Å². The number of carbonyl (C=O) groups excluding carboxylic acids is 1. The van der Waals surface area contributed by atoms with E-state index >= 15 is 0 Å². The molecule has 1 aromatic heterocycles. The van der Waals surface area contributed by atoms with Crippen molar-refractivity contribution in [2.75, 3.05) is 5.32 Å². The summed E-state index contributed by atoms with van der Waals surface area (Å²) in [5, 5.41) is 5.57. The van der Waals surface area contributed by atoms with Crippen LogP contribution in [0.5, 0.6) is 0 Å². The van der Waals surface area contributed by atoms with E-state index in [-0.39, 0.29) is 17.9 Å². The molecule has 0 radical (unpaired) electrons. The van der Waals surface area contributed by atoms with Gasteiger partial charge in [-0.25, -0.2) is 4.98 Å². The number of primary amides is 1. The second kappa shape index (κ2) is 4.23. The standard InChI is InChI=1S/C8H13N3OS/c1-5(2)6(7(9)12)11-8-10-3-4-13-8/h3-6H,1-2H3,(H2,9,12)(H,10,11). The maximum atomic E-state index is 11.0. The number of nitrogens with two attached hydrogens (primary N) is 1. The molecule has 13 heavy (non-hydrogen) atoms. The van der Waals surface area contributed by atoms with Crippen LogP contribution in [0, 0.1) is 5.92 Å². The van der Waals surface area contributed by atoms with E-state index in [0.29, 0.717) is 0 Å². The molecule has 0 aromatic carbocycles. The monoisotopic (exact) mass is 199 g/mol.